The molecule has 0 aromatic heterocycles. The molecule has 0 N–H and O–H groups in total. The maximum Gasteiger partial charge on any atom is 0.288 e. The first kappa shape index (κ1) is 4.14. The van der Waals surface area contributed by atoms with Crippen molar-refractivity contribution >= 4 is 23.6 Å². The number of hydrogen-bond donors (Lipinski definition) is 0. The molecule has 0 unspecified atom stereocenters. The molecule has 3 nitrogen and oxygen atoms in total. The summed E-state index contributed by atoms with van der Waals surface area (Å²) in [5.74, 6) is -0.704. The van der Waals surface area contributed by atoms with Gasteiger partial charge < -0.3 is 0 Å². The van der Waals surface area contributed by atoms with Gasteiger partial charge in [0.1, 0.15) is 0 Å². The van der Waals surface area contributed by atoms with Gasteiger partial charge in [0.15, 0.2) is 0 Å². The number of carbonyl (C=O) groups is 2. The van der Waals surface area contributed by atoms with Crippen LogP contribution >= 0.6 is 11.8 Å². The van der Waals surface area contributed by atoms with Gasteiger partial charge >= 0.3 is 0 Å². The molecule has 0 saturated carbocycles. The SMILES string of the molecule is O=C1[N]C(=O)C2=C1S2. The zero-order valence-corrected chi connectivity index (χ0v) is 4.49. The average Bonchev–Trinajstić information content (AvgIpc) is 2.35. The van der Waals surface area contributed by atoms with Crippen LogP contribution in [-0.2, 0) is 9.59 Å². The van der Waals surface area contributed by atoms with E-state index in [0.29, 0.717) is 9.81 Å². The molecule has 2 aliphatic heterocycles. The molecule has 0 spiro atoms. The van der Waals surface area contributed by atoms with Crippen molar-refractivity contribution in [3.8, 4) is 0 Å². The van der Waals surface area contributed by atoms with Crippen molar-refractivity contribution in [2.24, 2.45) is 0 Å². The first-order chi connectivity index (χ1) is 3.79. The van der Waals surface area contributed by atoms with Gasteiger partial charge in [0.2, 0.25) is 0 Å². The Labute approximate surface area is 49.1 Å². The van der Waals surface area contributed by atoms with Crippen LogP contribution in [0.25, 0.3) is 0 Å². The predicted octanol–water partition coefficient (Wildman–Crippen LogP) is -0.384. The Morgan fingerprint density at radius 2 is 1.62 bits per heavy atom. The number of thioether (sulfide) groups is 1. The summed E-state index contributed by atoms with van der Waals surface area (Å²) in [6.07, 6.45) is 0. The molecule has 0 fully saturated rings. The van der Waals surface area contributed by atoms with Gasteiger partial charge in [-0.15, -0.1) is 0 Å². The number of rotatable bonds is 0. The molecule has 0 aliphatic carbocycles. The van der Waals surface area contributed by atoms with Crippen molar-refractivity contribution < 1.29 is 9.59 Å². The molecule has 8 heavy (non-hydrogen) atoms. The smallest absolute Gasteiger partial charge is 0.266 e. The summed E-state index contributed by atoms with van der Waals surface area (Å²) in [4.78, 5) is 21.8. The Balaban J connectivity index is 2.48. The molecule has 0 bridgehead atoms. The molecular weight excluding hydrogens is 126 g/mol. The third-order valence-electron chi connectivity index (χ3n) is 0.960. The Kier molecular flexibility index (Phi) is 0.504. The van der Waals surface area contributed by atoms with Crippen LogP contribution in [0.1, 0.15) is 0 Å². The Morgan fingerprint density at radius 3 is 1.75 bits per heavy atom. The average molecular weight is 126 g/mol. The van der Waals surface area contributed by atoms with Crippen molar-refractivity contribution in [3.63, 3.8) is 0 Å². The van der Waals surface area contributed by atoms with Crippen LogP contribution in [0.4, 0.5) is 0 Å². The van der Waals surface area contributed by atoms with Crippen LogP contribution in [-0.4, -0.2) is 11.8 Å². The highest BCUT2D eigenvalue weighted by Gasteiger charge is 2.44. The highest BCUT2D eigenvalue weighted by atomic mass is 32.2. The fourth-order valence-corrected chi connectivity index (χ4v) is 1.15. The zero-order valence-electron chi connectivity index (χ0n) is 3.67. The van der Waals surface area contributed by atoms with Gasteiger partial charge in [-0.3, -0.25) is 9.59 Å². The first-order valence-electron chi connectivity index (χ1n) is 2.01. The van der Waals surface area contributed by atoms with E-state index in [1.165, 1.54) is 11.8 Å². The van der Waals surface area contributed by atoms with Gasteiger partial charge in [-0.25, -0.2) is 0 Å². The summed E-state index contributed by atoms with van der Waals surface area (Å²) in [6, 6.07) is 0. The van der Waals surface area contributed by atoms with Crippen LogP contribution in [0.5, 0.6) is 0 Å². The van der Waals surface area contributed by atoms with Crippen LogP contribution in [0.2, 0.25) is 0 Å². The van der Waals surface area contributed by atoms with Crippen molar-refractivity contribution in [2.45, 2.75) is 0 Å². The van der Waals surface area contributed by atoms with E-state index in [0.717, 1.165) is 0 Å². The molecule has 1 radical (unpaired) electrons. The van der Waals surface area contributed by atoms with Gasteiger partial charge in [0.05, 0.1) is 9.81 Å². The van der Waals surface area contributed by atoms with Gasteiger partial charge in [-0.2, -0.15) is 5.32 Å². The Bertz CT molecular complexity index is 208. The summed E-state index contributed by atoms with van der Waals surface area (Å²) in [5, 5.41) is 3.15. The molecule has 0 aromatic carbocycles. The monoisotopic (exact) mass is 126 g/mol. The maximum atomic E-state index is 10.4. The van der Waals surface area contributed by atoms with Crippen molar-refractivity contribution in [1.29, 1.82) is 0 Å². The number of amides is 2. The molecule has 2 aliphatic rings. The minimum absolute atomic E-state index is 0.352. The quantitative estimate of drug-likeness (QED) is 0.415. The van der Waals surface area contributed by atoms with Crippen LogP contribution in [0.15, 0.2) is 9.81 Å². The van der Waals surface area contributed by atoms with E-state index in [-0.39, 0.29) is 11.8 Å². The normalized spacial score (nSPS) is 23.5. The largest absolute Gasteiger partial charge is 0.288 e. The van der Waals surface area contributed by atoms with Crippen LogP contribution in [0, 0.1) is 0 Å². The van der Waals surface area contributed by atoms with Gasteiger partial charge in [0.25, 0.3) is 11.8 Å². The minimum Gasteiger partial charge on any atom is -0.266 e. The van der Waals surface area contributed by atoms with Gasteiger partial charge in [-0.1, -0.05) is 11.8 Å². The second kappa shape index (κ2) is 0.974. The number of nitrogens with zero attached hydrogens (tertiary/aromatic N) is 1. The molecule has 0 saturated heterocycles. The molecule has 0 atom stereocenters. The summed E-state index contributed by atoms with van der Waals surface area (Å²) in [6.45, 7) is 0. The third-order valence-corrected chi connectivity index (χ3v) is 1.92. The number of hydrogen-bond acceptors (Lipinski definition) is 3. The molecule has 39 valence electrons. The van der Waals surface area contributed by atoms with Crippen molar-refractivity contribution in [1.82, 2.24) is 5.32 Å². The van der Waals surface area contributed by atoms with Crippen molar-refractivity contribution in [2.75, 3.05) is 0 Å². The fraction of sp³-hybridized carbons (Fsp3) is 0. The van der Waals surface area contributed by atoms with E-state index in [9.17, 15) is 9.59 Å². The first-order valence-corrected chi connectivity index (χ1v) is 2.83. The molecule has 2 rings (SSSR count). The summed E-state index contributed by atoms with van der Waals surface area (Å²) in [7, 11) is 0. The lowest BCUT2D eigenvalue weighted by Crippen LogP contribution is -2.15. The molecule has 2 heterocycles. The van der Waals surface area contributed by atoms with Crippen LogP contribution in [0.3, 0.4) is 0 Å². The topological polar surface area (TPSA) is 48.2 Å². The highest BCUT2D eigenvalue weighted by molar-refractivity contribution is 8.15. The maximum absolute atomic E-state index is 10.4. The lowest BCUT2D eigenvalue weighted by Gasteiger charge is -1.86. The number of carbonyl (C=O) groups excluding carboxylic acids is 2. The fourth-order valence-electron chi connectivity index (χ4n) is 0.552. The highest BCUT2D eigenvalue weighted by Crippen LogP contribution is 2.48. The summed E-state index contributed by atoms with van der Waals surface area (Å²) < 4.78 is 0. The van der Waals surface area contributed by atoms with E-state index >= 15 is 0 Å². The lowest BCUT2D eigenvalue weighted by molar-refractivity contribution is -0.124. The molecular formula is C4NO2S. The summed E-state index contributed by atoms with van der Waals surface area (Å²) >= 11 is 1.23. The molecule has 4 heteroatoms. The predicted molar refractivity (Wildman–Crippen MR) is 26.8 cm³/mol. The van der Waals surface area contributed by atoms with E-state index in [4.69, 9.17) is 0 Å². The Morgan fingerprint density at radius 1 is 1.12 bits per heavy atom. The van der Waals surface area contributed by atoms with E-state index < -0.39 is 0 Å². The summed E-state index contributed by atoms with van der Waals surface area (Å²) in [5.41, 5.74) is 0. The van der Waals surface area contributed by atoms with Gasteiger partial charge in [0, 0.05) is 0 Å². The van der Waals surface area contributed by atoms with E-state index in [1.54, 1.807) is 0 Å². The molecule has 0 aromatic rings. The standard InChI is InChI=1S/C4NO2S/c6-3-1-2(8-1)4(7)5-3. The lowest BCUT2D eigenvalue weighted by atomic mass is 10.6. The van der Waals surface area contributed by atoms with E-state index in [2.05, 4.69) is 5.32 Å². The minimum atomic E-state index is -0.352. The van der Waals surface area contributed by atoms with Gasteiger partial charge in [-0.05, 0) is 0 Å². The second-order valence-corrected chi connectivity index (χ2v) is 2.50. The van der Waals surface area contributed by atoms with Crippen molar-refractivity contribution in [3.05, 3.63) is 9.81 Å². The molecule has 2 amide bonds. The van der Waals surface area contributed by atoms with E-state index in [1.807, 2.05) is 0 Å². The van der Waals surface area contributed by atoms with Crippen LogP contribution < -0.4 is 5.32 Å². The Hall–Kier alpha value is -0.770. The third kappa shape index (κ3) is 0.315. The second-order valence-electron chi connectivity index (χ2n) is 1.48. The number of imide groups is 1. The zero-order chi connectivity index (χ0) is 5.72.